The molecule has 0 spiro atoms. The Kier molecular flexibility index (Phi) is 9.40. The van der Waals surface area contributed by atoms with Gasteiger partial charge in [0.15, 0.2) is 5.96 Å². The quantitative estimate of drug-likeness (QED) is 0.339. The number of rotatable bonds is 6. The molecule has 2 rings (SSSR count). The van der Waals surface area contributed by atoms with Crippen LogP contribution >= 0.6 is 24.0 Å². The van der Waals surface area contributed by atoms with Gasteiger partial charge < -0.3 is 15.7 Å². The van der Waals surface area contributed by atoms with Crippen LogP contribution in [0.5, 0.6) is 5.75 Å². The Balaban J connectivity index is 0.00000338. The smallest absolute Gasteiger partial charge is 0.191 e. The molecular formula is C20H27FIN3O. The molecule has 142 valence electrons. The zero-order chi connectivity index (χ0) is 18.2. The van der Waals surface area contributed by atoms with Crippen LogP contribution in [0.25, 0.3) is 0 Å². The molecule has 2 aromatic carbocycles. The first-order chi connectivity index (χ1) is 12.0. The number of hydrogen-bond acceptors (Lipinski definition) is 2. The van der Waals surface area contributed by atoms with Gasteiger partial charge in [0.05, 0.1) is 6.54 Å². The minimum absolute atomic E-state index is 0. The second kappa shape index (κ2) is 11.0. The first kappa shape index (κ1) is 22.2. The van der Waals surface area contributed by atoms with Crippen LogP contribution in [0.1, 0.15) is 29.2 Å². The summed E-state index contributed by atoms with van der Waals surface area (Å²) in [6, 6.07) is 10.7. The van der Waals surface area contributed by atoms with Gasteiger partial charge in [-0.05, 0) is 55.5 Å². The first-order valence-electron chi connectivity index (χ1n) is 8.56. The van der Waals surface area contributed by atoms with E-state index < -0.39 is 0 Å². The molecule has 6 heteroatoms. The molecule has 0 aliphatic carbocycles. The summed E-state index contributed by atoms with van der Waals surface area (Å²) in [6.45, 7) is 7.63. The maximum atomic E-state index is 13.6. The third-order valence-electron chi connectivity index (χ3n) is 3.96. The number of aliphatic imine (C=N–C) groups is 1. The van der Waals surface area contributed by atoms with Gasteiger partial charge in [-0.25, -0.2) is 9.38 Å². The minimum Gasteiger partial charge on any atom is -0.507 e. The average molecular weight is 471 g/mol. The summed E-state index contributed by atoms with van der Waals surface area (Å²) in [5, 5.41) is 16.3. The zero-order valence-electron chi connectivity index (χ0n) is 15.5. The first-order valence-corrected chi connectivity index (χ1v) is 8.56. The number of aryl methyl sites for hydroxylation is 2. The number of hydrogen-bond donors (Lipinski definition) is 3. The summed E-state index contributed by atoms with van der Waals surface area (Å²) in [4.78, 5) is 4.57. The molecule has 4 nitrogen and oxygen atoms in total. The lowest BCUT2D eigenvalue weighted by molar-refractivity contribution is 0.466. The van der Waals surface area contributed by atoms with Gasteiger partial charge in [0.1, 0.15) is 11.6 Å². The number of guanidine groups is 1. The highest BCUT2D eigenvalue weighted by atomic mass is 127. The number of benzene rings is 2. The highest BCUT2D eigenvalue weighted by molar-refractivity contribution is 14.0. The van der Waals surface area contributed by atoms with Gasteiger partial charge in [-0.1, -0.05) is 30.3 Å². The van der Waals surface area contributed by atoms with Gasteiger partial charge in [-0.15, -0.1) is 24.0 Å². The maximum absolute atomic E-state index is 13.6. The van der Waals surface area contributed by atoms with Crippen molar-refractivity contribution in [2.24, 2.45) is 4.99 Å². The van der Waals surface area contributed by atoms with Crippen molar-refractivity contribution in [2.75, 3.05) is 13.1 Å². The van der Waals surface area contributed by atoms with Crippen LogP contribution in [0.15, 0.2) is 41.4 Å². The topological polar surface area (TPSA) is 56.7 Å². The molecule has 26 heavy (non-hydrogen) atoms. The standard InChI is InChI=1S/C20H26FN3O.HI/c1-4-22-20(23-10-9-17-7-5-6-8-18(17)21)24-13-16-11-14(2)19(25)15(3)12-16;/h5-8,11-12,25H,4,9-10,13H2,1-3H3,(H2,22,23,24);1H. The molecule has 0 bridgehead atoms. The second-order valence-electron chi connectivity index (χ2n) is 6.04. The average Bonchev–Trinajstić information content (AvgIpc) is 2.59. The van der Waals surface area contributed by atoms with Crippen molar-refractivity contribution in [2.45, 2.75) is 33.7 Å². The molecule has 0 saturated carbocycles. The number of aromatic hydroxyl groups is 1. The van der Waals surface area contributed by atoms with Crippen molar-refractivity contribution >= 4 is 29.9 Å². The minimum atomic E-state index is -0.179. The van der Waals surface area contributed by atoms with Crippen LogP contribution in [0, 0.1) is 19.7 Å². The maximum Gasteiger partial charge on any atom is 0.191 e. The van der Waals surface area contributed by atoms with Gasteiger partial charge in [0, 0.05) is 13.1 Å². The van der Waals surface area contributed by atoms with E-state index in [1.807, 2.05) is 39.0 Å². The lowest BCUT2D eigenvalue weighted by atomic mass is 10.1. The van der Waals surface area contributed by atoms with E-state index in [0.29, 0.717) is 36.8 Å². The number of halogens is 2. The number of phenolic OH excluding ortho intramolecular Hbond substituents is 1. The fraction of sp³-hybridized carbons (Fsp3) is 0.350. The van der Waals surface area contributed by atoms with Gasteiger partial charge in [-0.2, -0.15) is 0 Å². The Morgan fingerprint density at radius 2 is 1.77 bits per heavy atom. The van der Waals surface area contributed by atoms with E-state index in [-0.39, 0.29) is 29.8 Å². The van der Waals surface area contributed by atoms with E-state index in [4.69, 9.17) is 0 Å². The monoisotopic (exact) mass is 471 g/mol. The third-order valence-corrected chi connectivity index (χ3v) is 3.96. The molecule has 0 fully saturated rings. The molecule has 3 N–H and O–H groups in total. The summed E-state index contributed by atoms with van der Waals surface area (Å²) in [5.41, 5.74) is 3.43. The summed E-state index contributed by atoms with van der Waals surface area (Å²) < 4.78 is 13.6. The third kappa shape index (κ3) is 6.48. The Morgan fingerprint density at radius 3 is 2.38 bits per heavy atom. The number of phenols is 1. The van der Waals surface area contributed by atoms with Crippen LogP contribution in [-0.2, 0) is 13.0 Å². The molecule has 0 unspecified atom stereocenters. The molecule has 0 heterocycles. The summed E-state index contributed by atoms with van der Waals surface area (Å²) in [7, 11) is 0. The van der Waals surface area contributed by atoms with Crippen LogP contribution in [0.3, 0.4) is 0 Å². The normalized spacial score (nSPS) is 11.0. The highest BCUT2D eigenvalue weighted by Crippen LogP contribution is 2.23. The second-order valence-corrected chi connectivity index (χ2v) is 6.04. The lowest BCUT2D eigenvalue weighted by Crippen LogP contribution is -2.38. The Labute approximate surface area is 172 Å². The predicted molar refractivity (Wildman–Crippen MR) is 116 cm³/mol. The van der Waals surface area contributed by atoms with E-state index >= 15 is 0 Å². The molecule has 0 aliphatic rings. The highest BCUT2D eigenvalue weighted by Gasteiger charge is 2.05. The molecule has 0 saturated heterocycles. The molecule has 0 aliphatic heterocycles. The van der Waals surface area contributed by atoms with Crippen LogP contribution in [0.2, 0.25) is 0 Å². The van der Waals surface area contributed by atoms with Crippen molar-refractivity contribution in [1.82, 2.24) is 10.6 Å². The van der Waals surface area contributed by atoms with E-state index in [0.717, 1.165) is 23.2 Å². The van der Waals surface area contributed by atoms with E-state index in [1.165, 1.54) is 6.07 Å². The zero-order valence-corrected chi connectivity index (χ0v) is 17.8. The molecule has 2 aromatic rings. The molecule has 0 atom stereocenters. The van der Waals surface area contributed by atoms with Crippen molar-refractivity contribution in [3.63, 3.8) is 0 Å². The number of nitrogens with zero attached hydrogens (tertiary/aromatic N) is 1. The largest absolute Gasteiger partial charge is 0.507 e. The van der Waals surface area contributed by atoms with Crippen LogP contribution in [-0.4, -0.2) is 24.2 Å². The van der Waals surface area contributed by atoms with Gasteiger partial charge >= 0.3 is 0 Å². The Morgan fingerprint density at radius 1 is 1.12 bits per heavy atom. The van der Waals surface area contributed by atoms with Gasteiger partial charge in [-0.3, -0.25) is 0 Å². The van der Waals surface area contributed by atoms with Crippen molar-refractivity contribution in [3.05, 3.63) is 64.5 Å². The van der Waals surface area contributed by atoms with Gasteiger partial charge in [0.2, 0.25) is 0 Å². The van der Waals surface area contributed by atoms with E-state index in [1.54, 1.807) is 12.1 Å². The molecule has 0 amide bonds. The summed E-state index contributed by atoms with van der Waals surface area (Å²) in [5.74, 6) is 0.853. The molecule has 0 aromatic heterocycles. The fourth-order valence-corrected chi connectivity index (χ4v) is 2.67. The van der Waals surface area contributed by atoms with E-state index in [9.17, 15) is 9.50 Å². The summed E-state index contributed by atoms with van der Waals surface area (Å²) in [6.07, 6.45) is 0.592. The van der Waals surface area contributed by atoms with Crippen molar-refractivity contribution in [1.29, 1.82) is 0 Å². The Hall–Kier alpha value is -1.83. The molecular weight excluding hydrogens is 444 g/mol. The molecule has 0 radical (unpaired) electrons. The van der Waals surface area contributed by atoms with E-state index in [2.05, 4.69) is 15.6 Å². The van der Waals surface area contributed by atoms with Gasteiger partial charge in [0.25, 0.3) is 0 Å². The lowest BCUT2D eigenvalue weighted by Gasteiger charge is -2.12. The van der Waals surface area contributed by atoms with Crippen molar-refractivity contribution in [3.8, 4) is 5.75 Å². The van der Waals surface area contributed by atoms with Crippen molar-refractivity contribution < 1.29 is 9.50 Å². The Bertz CT molecular complexity index is 727. The fourth-order valence-electron chi connectivity index (χ4n) is 2.67. The SMILES string of the molecule is CCNC(=NCc1cc(C)c(O)c(C)c1)NCCc1ccccc1F.I. The number of nitrogens with one attached hydrogen (secondary N) is 2. The van der Waals surface area contributed by atoms with Crippen LogP contribution in [0.4, 0.5) is 4.39 Å². The van der Waals surface area contributed by atoms with Crippen LogP contribution < -0.4 is 10.6 Å². The summed E-state index contributed by atoms with van der Waals surface area (Å²) >= 11 is 0. The predicted octanol–water partition coefficient (Wildman–Crippen LogP) is 4.06.